The van der Waals surface area contributed by atoms with Gasteiger partial charge in [-0.15, -0.1) is 0 Å². The molecule has 1 fully saturated rings. The van der Waals surface area contributed by atoms with E-state index in [1.165, 1.54) is 13.8 Å². The zero-order valence-electron chi connectivity index (χ0n) is 10.4. The Morgan fingerprint density at radius 2 is 1.56 bits per heavy atom. The lowest BCUT2D eigenvalue weighted by Gasteiger charge is -2.09. The molecule has 1 aliphatic heterocycles. The van der Waals surface area contributed by atoms with Crippen LogP contribution in [-0.2, 0) is 14.8 Å². The highest BCUT2D eigenvalue weighted by molar-refractivity contribution is 7.89. The van der Waals surface area contributed by atoms with Crippen LogP contribution in [0.15, 0.2) is 0 Å². The maximum atomic E-state index is 10.8. The monoisotopic (exact) mass is 281 g/mol. The van der Waals surface area contributed by atoms with E-state index in [9.17, 15) is 18.0 Å². The summed E-state index contributed by atoms with van der Waals surface area (Å²) >= 11 is 0. The Kier molecular flexibility index (Phi) is 7.81. The van der Waals surface area contributed by atoms with Crippen LogP contribution in [0.3, 0.4) is 0 Å². The molecule has 1 heterocycles. The summed E-state index contributed by atoms with van der Waals surface area (Å²) in [5.41, 5.74) is 0. The molecule has 18 heavy (non-hydrogen) atoms. The zero-order chi connectivity index (χ0) is 13.8. The van der Waals surface area contributed by atoms with Gasteiger partial charge in [-0.05, 0) is 19.8 Å². The lowest BCUT2D eigenvalue weighted by Crippen LogP contribution is -2.33. The van der Waals surface area contributed by atoms with Gasteiger partial charge >= 0.3 is 6.03 Å². The van der Waals surface area contributed by atoms with Crippen LogP contribution < -0.4 is 15.8 Å². The van der Waals surface area contributed by atoms with Crippen molar-refractivity contribution in [3.05, 3.63) is 0 Å². The van der Waals surface area contributed by atoms with Crippen molar-refractivity contribution in [2.75, 3.05) is 0 Å². The number of carbonyl (C=O) groups excluding carboxylic acids is 2. The Balaban J connectivity index is 0. The molecule has 0 radical (unpaired) electrons. The standard InChI is InChI=1S/C6H10N2O2.C3H9NO2S.CH4/c1-3(2)4-5(9)8-6(10)7-4;1-3(2)7(4,5)6;/h3-4H,1-2H3,(H2,7,8,9,10);3H,1-2H3,(H2,4,5,6);1H4. The Bertz CT molecular complexity index is 390. The summed E-state index contributed by atoms with van der Waals surface area (Å²) in [4.78, 5) is 21.4. The molecular weight excluding hydrogens is 258 g/mol. The van der Waals surface area contributed by atoms with E-state index in [0.717, 1.165) is 0 Å². The van der Waals surface area contributed by atoms with E-state index in [1.54, 1.807) is 0 Å². The summed E-state index contributed by atoms with van der Waals surface area (Å²) in [5, 5.41) is 8.86. The van der Waals surface area contributed by atoms with Gasteiger partial charge in [0.15, 0.2) is 0 Å². The summed E-state index contributed by atoms with van der Waals surface area (Å²) in [6, 6.07) is -0.726. The Hall–Kier alpha value is -1.15. The Morgan fingerprint density at radius 3 is 1.67 bits per heavy atom. The first-order valence-electron chi connectivity index (χ1n) is 5.18. The molecule has 0 bridgehead atoms. The molecule has 3 amide bonds. The first kappa shape index (κ1) is 19.2. The normalized spacial score (nSPS) is 18.7. The van der Waals surface area contributed by atoms with Crippen LogP contribution in [-0.4, -0.2) is 31.6 Å². The third-order valence-corrected chi connectivity index (χ3v) is 3.44. The summed E-state index contributed by atoms with van der Waals surface area (Å²) in [6.07, 6.45) is 0. The number of amides is 3. The molecule has 108 valence electrons. The van der Waals surface area contributed by atoms with Crippen molar-refractivity contribution in [2.24, 2.45) is 11.1 Å². The van der Waals surface area contributed by atoms with Crippen LogP contribution in [0.4, 0.5) is 4.79 Å². The van der Waals surface area contributed by atoms with Crippen molar-refractivity contribution < 1.29 is 18.0 Å². The van der Waals surface area contributed by atoms with Crippen LogP contribution in [0.1, 0.15) is 35.1 Å². The van der Waals surface area contributed by atoms with Gasteiger partial charge in [0.2, 0.25) is 10.0 Å². The number of carbonyl (C=O) groups is 2. The molecule has 0 aliphatic carbocycles. The van der Waals surface area contributed by atoms with E-state index in [-0.39, 0.29) is 31.3 Å². The topological polar surface area (TPSA) is 118 Å². The number of urea groups is 1. The molecule has 1 atom stereocenters. The number of hydrogen-bond acceptors (Lipinski definition) is 4. The molecule has 0 saturated carbocycles. The van der Waals surface area contributed by atoms with E-state index >= 15 is 0 Å². The number of rotatable bonds is 2. The van der Waals surface area contributed by atoms with E-state index < -0.39 is 15.3 Å². The maximum absolute atomic E-state index is 10.8. The molecule has 1 unspecified atom stereocenters. The number of hydrogen-bond donors (Lipinski definition) is 3. The van der Waals surface area contributed by atoms with E-state index in [4.69, 9.17) is 0 Å². The second kappa shape index (κ2) is 7.32. The number of imide groups is 1. The summed E-state index contributed by atoms with van der Waals surface area (Å²) < 4.78 is 20.2. The molecule has 8 heteroatoms. The summed E-state index contributed by atoms with van der Waals surface area (Å²) in [7, 11) is -3.24. The molecular formula is C10H23N3O4S. The quantitative estimate of drug-likeness (QED) is 0.625. The van der Waals surface area contributed by atoms with E-state index in [1.807, 2.05) is 13.8 Å². The molecule has 1 rings (SSSR count). The van der Waals surface area contributed by atoms with Crippen molar-refractivity contribution in [2.45, 2.75) is 46.4 Å². The second-order valence-electron chi connectivity index (χ2n) is 4.32. The van der Waals surface area contributed by atoms with Crippen LogP contribution in [0.5, 0.6) is 0 Å². The number of nitrogens with two attached hydrogens (primary N) is 1. The van der Waals surface area contributed by atoms with Crippen LogP contribution in [0.2, 0.25) is 0 Å². The van der Waals surface area contributed by atoms with Crippen molar-refractivity contribution in [3.8, 4) is 0 Å². The lowest BCUT2D eigenvalue weighted by molar-refractivity contribution is -0.120. The minimum atomic E-state index is -3.24. The highest BCUT2D eigenvalue weighted by atomic mass is 32.2. The number of sulfonamides is 1. The van der Waals surface area contributed by atoms with Gasteiger partial charge in [0, 0.05) is 0 Å². The second-order valence-corrected chi connectivity index (χ2v) is 6.44. The predicted octanol–water partition coefficient (Wildman–Crippen LogP) is 0.170. The fourth-order valence-corrected chi connectivity index (χ4v) is 0.902. The Labute approximate surface area is 109 Å². The minimum absolute atomic E-state index is 0. The van der Waals surface area contributed by atoms with Crippen molar-refractivity contribution >= 4 is 22.0 Å². The first-order chi connectivity index (χ1) is 7.55. The predicted molar refractivity (Wildman–Crippen MR) is 70.3 cm³/mol. The van der Waals surface area contributed by atoms with Gasteiger partial charge in [0.05, 0.1) is 5.25 Å². The molecule has 0 aromatic heterocycles. The van der Waals surface area contributed by atoms with Gasteiger partial charge in [0.25, 0.3) is 5.91 Å². The smallest absolute Gasteiger partial charge is 0.322 e. The molecule has 0 aromatic rings. The van der Waals surface area contributed by atoms with Crippen LogP contribution >= 0.6 is 0 Å². The summed E-state index contributed by atoms with van der Waals surface area (Å²) in [5.74, 6) is -0.0635. The number of nitrogens with one attached hydrogen (secondary N) is 2. The molecule has 0 aromatic carbocycles. The molecule has 0 spiro atoms. The van der Waals surface area contributed by atoms with Gasteiger partial charge < -0.3 is 5.32 Å². The molecule has 1 saturated heterocycles. The van der Waals surface area contributed by atoms with Gasteiger partial charge in [0.1, 0.15) is 6.04 Å². The van der Waals surface area contributed by atoms with E-state index in [0.29, 0.717) is 0 Å². The van der Waals surface area contributed by atoms with Crippen LogP contribution in [0, 0.1) is 5.92 Å². The minimum Gasteiger partial charge on any atom is -0.326 e. The van der Waals surface area contributed by atoms with E-state index in [2.05, 4.69) is 15.8 Å². The largest absolute Gasteiger partial charge is 0.326 e. The van der Waals surface area contributed by atoms with Gasteiger partial charge in [-0.2, -0.15) is 0 Å². The SMILES string of the molecule is C.CC(C)C1NC(=O)NC1=O.CC(C)S(N)(=O)=O. The molecule has 1 aliphatic rings. The fraction of sp³-hybridized carbons (Fsp3) is 0.800. The van der Waals surface area contributed by atoms with Crippen molar-refractivity contribution in [3.63, 3.8) is 0 Å². The highest BCUT2D eigenvalue weighted by Gasteiger charge is 2.31. The summed E-state index contributed by atoms with van der Waals surface area (Å²) in [6.45, 7) is 6.84. The average Bonchev–Trinajstić information content (AvgIpc) is 2.44. The van der Waals surface area contributed by atoms with Gasteiger partial charge in [-0.25, -0.2) is 18.4 Å². The zero-order valence-corrected chi connectivity index (χ0v) is 11.2. The van der Waals surface area contributed by atoms with Gasteiger partial charge in [-0.3, -0.25) is 10.1 Å². The number of primary sulfonamides is 1. The first-order valence-corrected chi connectivity index (χ1v) is 6.79. The van der Waals surface area contributed by atoms with Crippen molar-refractivity contribution in [1.29, 1.82) is 0 Å². The third kappa shape index (κ3) is 6.55. The Morgan fingerprint density at radius 1 is 1.17 bits per heavy atom. The molecule has 4 N–H and O–H groups in total. The van der Waals surface area contributed by atoms with Gasteiger partial charge in [-0.1, -0.05) is 21.3 Å². The highest BCUT2D eigenvalue weighted by Crippen LogP contribution is 2.04. The lowest BCUT2D eigenvalue weighted by atomic mass is 10.1. The van der Waals surface area contributed by atoms with Crippen LogP contribution in [0.25, 0.3) is 0 Å². The molecule has 7 nitrogen and oxygen atoms in total. The third-order valence-electron chi connectivity index (χ3n) is 2.13. The average molecular weight is 281 g/mol. The van der Waals surface area contributed by atoms with Crippen molar-refractivity contribution in [1.82, 2.24) is 10.6 Å². The fourth-order valence-electron chi connectivity index (χ4n) is 0.902. The maximum Gasteiger partial charge on any atom is 0.322 e.